The molecule has 0 aliphatic carbocycles. The summed E-state index contributed by atoms with van der Waals surface area (Å²) in [5, 5.41) is 0. The fourth-order valence-corrected chi connectivity index (χ4v) is 3.14. The first-order valence-corrected chi connectivity index (χ1v) is 6.52. The number of sulfonamides is 1. The maximum atomic E-state index is 12.3. The van der Waals surface area contributed by atoms with E-state index in [4.69, 9.17) is 12.2 Å². The van der Waals surface area contributed by atoms with Gasteiger partial charge in [-0.2, -0.15) is 4.31 Å². The highest BCUT2D eigenvalue weighted by molar-refractivity contribution is 7.89. The Bertz CT molecular complexity index is 571. The number of hydrogen-bond acceptors (Lipinski definition) is 3. The van der Waals surface area contributed by atoms with E-state index < -0.39 is 10.0 Å². The fourth-order valence-electron chi connectivity index (χ4n) is 1.61. The van der Waals surface area contributed by atoms with Crippen molar-refractivity contribution in [2.75, 3.05) is 19.3 Å². The van der Waals surface area contributed by atoms with Crippen LogP contribution >= 0.6 is 0 Å². The third kappa shape index (κ3) is 2.43. The molecule has 0 unspecified atom stereocenters. The largest absolute Gasteiger partial charge is 0.398 e. The SMILES string of the molecule is C#CCN(C)S(=O)(=O)c1c(C)ccc(N)c1C. The zero-order chi connectivity index (χ0) is 13.2. The van der Waals surface area contributed by atoms with Crippen molar-refractivity contribution in [1.29, 1.82) is 0 Å². The van der Waals surface area contributed by atoms with Gasteiger partial charge in [-0.3, -0.25) is 0 Å². The highest BCUT2D eigenvalue weighted by Gasteiger charge is 2.24. The van der Waals surface area contributed by atoms with E-state index in [0.717, 1.165) is 4.31 Å². The van der Waals surface area contributed by atoms with E-state index >= 15 is 0 Å². The molecule has 5 heteroatoms. The van der Waals surface area contributed by atoms with Crippen LogP contribution in [0.5, 0.6) is 0 Å². The summed E-state index contributed by atoms with van der Waals surface area (Å²) in [6, 6.07) is 3.39. The summed E-state index contributed by atoms with van der Waals surface area (Å²) < 4.78 is 25.7. The second kappa shape index (κ2) is 4.78. The molecule has 0 aromatic heterocycles. The van der Waals surface area contributed by atoms with Crippen LogP contribution in [0.15, 0.2) is 17.0 Å². The van der Waals surface area contributed by atoms with Gasteiger partial charge in [-0.15, -0.1) is 6.42 Å². The van der Waals surface area contributed by atoms with Gasteiger partial charge in [-0.05, 0) is 31.0 Å². The van der Waals surface area contributed by atoms with Crippen molar-refractivity contribution in [2.24, 2.45) is 0 Å². The van der Waals surface area contributed by atoms with E-state index in [9.17, 15) is 8.42 Å². The number of nitrogen functional groups attached to an aromatic ring is 1. The summed E-state index contributed by atoms with van der Waals surface area (Å²) >= 11 is 0. The Morgan fingerprint density at radius 1 is 1.41 bits per heavy atom. The smallest absolute Gasteiger partial charge is 0.244 e. The molecule has 92 valence electrons. The predicted octanol–water partition coefficient (Wildman–Crippen LogP) is 1.14. The molecule has 1 rings (SSSR count). The molecule has 0 spiro atoms. The second-order valence-corrected chi connectivity index (χ2v) is 5.87. The highest BCUT2D eigenvalue weighted by Crippen LogP contribution is 2.26. The lowest BCUT2D eigenvalue weighted by atomic mass is 10.1. The van der Waals surface area contributed by atoms with E-state index in [-0.39, 0.29) is 11.4 Å². The van der Waals surface area contributed by atoms with Crippen molar-refractivity contribution < 1.29 is 8.42 Å². The third-order valence-corrected chi connectivity index (χ3v) is 4.72. The van der Waals surface area contributed by atoms with Gasteiger partial charge in [-0.1, -0.05) is 12.0 Å². The van der Waals surface area contributed by atoms with Gasteiger partial charge in [0.25, 0.3) is 0 Å². The van der Waals surface area contributed by atoms with Crippen LogP contribution in [0.2, 0.25) is 0 Å². The van der Waals surface area contributed by atoms with E-state index in [2.05, 4.69) is 5.92 Å². The Kier molecular flexibility index (Phi) is 3.81. The van der Waals surface area contributed by atoms with Gasteiger partial charge >= 0.3 is 0 Å². The average Bonchev–Trinajstić information content (AvgIpc) is 2.24. The number of nitrogens with two attached hydrogens (primary N) is 1. The molecule has 0 saturated heterocycles. The summed E-state index contributed by atoms with van der Waals surface area (Å²) in [4.78, 5) is 0.246. The van der Waals surface area contributed by atoms with Crippen LogP contribution in [0.3, 0.4) is 0 Å². The lowest BCUT2D eigenvalue weighted by Crippen LogP contribution is -2.28. The molecule has 0 saturated carbocycles. The first kappa shape index (κ1) is 13.6. The van der Waals surface area contributed by atoms with E-state index in [1.807, 2.05) is 0 Å². The Morgan fingerprint density at radius 3 is 2.53 bits per heavy atom. The van der Waals surface area contributed by atoms with Gasteiger partial charge in [0.05, 0.1) is 11.4 Å². The number of rotatable bonds is 3. The average molecular weight is 252 g/mol. The second-order valence-electron chi connectivity index (χ2n) is 3.89. The number of hydrogen-bond donors (Lipinski definition) is 1. The van der Waals surface area contributed by atoms with Crippen LogP contribution in [-0.2, 0) is 10.0 Å². The topological polar surface area (TPSA) is 63.4 Å². The molecule has 0 radical (unpaired) electrons. The molecule has 0 heterocycles. The minimum Gasteiger partial charge on any atom is -0.398 e. The summed E-state index contributed by atoms with van der Waals surface area (Å²) in [5.41, 5.74) is 7.43. The first-order chi connectivity index (χ1) is 7.82. The van der Waals surface area contributed by atoms with Crippen molar-refractivity contribution in [1.82, 2.24) is 4.31 Å². The van der Waals surface area contributed by atoms with Crippen molar-refractivity contribution in [3.05, 3.63) is 23.3 Å². The molecular weight excluding hydrogens is 236 g/mol. The third-order valence-electron chi connectivity index (χ3n) is 2.63. The number of aryl methyl sites for hydroxylation is 1. The minimum atomic E-state index is -3.57. The summed E-state index contributed by atoms with van der Waals surface area (Å²) in [7, 11) is -2.12. The van der Waals surface area contributed by atoms with Gasteiger partial charge < -0.3 is 5.73 Å². The van der Waals surface area contributed by atoms with Crippen molar-refractivity contribution in [3.8, 4) is 12.3 Å². The van der Waals surface area contributed by atoms with Crippen molar-refractivity contribution in [3.63, 3.8) is 0 Å². The standard InChI is InChI=1S/C12H16N2O2S/c1-5-8-14(4)17(15,16)12-9(2)6-7-11(13)10(12)3/h1,6-7H,8,13H2,2-4H3. The molecule has 4 nitrogen and oxygen atoms in total. The molecule has 0 aliphatic rings. The molecule has 1 aromatic carbocycles. The first-order valence-electron chi connectivity index (χ1n) is 5.08. The van der Waals surface area contributed by atoms with Crippen LogP contribution in [0.4, 0.5) is 5.69 Å². The maximum absolute atomic E-state index is 12.3. The number of terminal acetylenes is 1. The number of anilines is 1. The van der Waals surface area contributed by atoms with Gasteiger partial charge in [-0.25, -0.2) is 8.42 Å². The highest BCUT2D eigenvalue weighted by atomic mass is 32.2. The molecule has 1 aromatic rings. The molecule has 0 atom stereocenters. The molecule has 0 bridgehead atoms. The van der Waals surface area contributed by atoms with E-state index in [0.29, 0.717) is 16.8 Å². The van der Waals surface area contributed by atoms with Crippen LogP contribution in [0, 0.1) is 26.2 Å². The number of benzene rings is 1. The van der Waals surface area contributed by atoms with Crippen molar-refractivity contribution in [2.45, 2.75) is 18.7 Å². The zero-order valence-corrected chi connectivity index (χ0v) is 11.0. The van der Waals surface area contributed by atoms with E-state index in [1.165, 1.54) is 7.05 Å². The van der Waals surface area contributed by atoms with E-state index in [1.54, 1.807) is 26.0 Å². The summed E-state index contributed by atoms with van der Waals surface area (Å²) in [6.45, 7) is 3.47. The molecule has 0 fully saturated rings. The molecule has 0 amide bonds. The van der Waals surface area contributed by atoms with Gasteiger partial charge in [0.1, 0.15) is 0 Å². The lowest BCUT2D eigenvalue weighted by Gasteiger charge is -2.18. The van der Waals surface area contributed by atoms with Crippen LogP contribution < -0.4 is 5.73 Å². The Balaban J connectivity index is 3.45. The van der Waals surface area contributed by atoms with Crippen LogP contribution in [-0.4, -0.2) is 26.3 Å². The Hall–Kier alpha value is -1.51. The summed E-state index contributed by atoms with van der Waals surface area (Å²) in [5.74, 6) is 2.31. The molecule has 17 heavy (non-hydrogen) atoms. The summed E-state index contributed by atoms with van der Waals surface area (Å²) in [6.07, 6.45) is 5.13. The van der Waals surface area contributed by atoms with Crippen LogP contribution in [0.25, 0.3) is 0 Å². The van der Waals surface area contributed by atoms with Crippen molar-refractivity contribution >= 4 is 15.7 Å². The van der Waals surface area contributed by atoms with Gasteiger partial charge in [0.15, 0.2) is 0 Å². The molecule has 2 N–H and O–H groups in total. The van der Waals surface area contributed by atoms with Gasteiger partial charge in [0.2, 0.25) is 10.0 Å². The monoisotopic (exact) mass is 252 g/mol. The molecule has 0 aliphatic heterocycles. The maximum Gasteiger partial charge on any atom is 0.244 e. The molecular formula is C12H16N2O2S. The lowest BCUT2D eigenvalue weighted by molar-refractivity contribution is 0.502. The minimum absolute atomic E-state index is 0.0377. The quantitative estimate of drug-likeness (QED) is 0.648. The Labute approximate surface area is 102 Å². The number of nitrogens with zero attached hydrogens (tertiary/aromatic N) is 1. The van der Waals surface area contributed by atoms with Crippen LogP contribution in [0.1, 0.15) is 11.1 Å². The Morgan fingerprint density at radius 2 is 2.00 bits per heavy atom. The normalized spacial score (nSPS) is 11.5. The fraction of sp³-hybridized carbons (Fsp3) is 0.333. The predicted molar refractivity (Wildman–Crippen MR) is 69.0 cm³/mol. The zero-order valence-electron chi connectivity index (χ0n) is 10.2. The van der Waals surface area contributed by atoms with Gasteiger partial charge in [0, 0.05) is 12.7 Å².